The van der Waals surface area contributed by atoms with Gasteiger partial charge in [-0.15, -0.1) is 0 Å². The standard InChI is InChI=1S/C24H25ClF4N2O4S/c1-36(33,34)30-23(32)18-10-17(15-5-6-15)22(11-21(18)26)35-16-3-2-8-31(13-16)12-14-4-7-19(20(25)9-14)24(27,28)29/h4,7,9-11,15-16H,2-3,5-6,8,12-13H2,1H3,(H,30,32). The highest BCUT2D eigenvalue weighted by molar-refractivity contribution is 7.89. The predicted molar refractivity (Wildman–Crippen MR) is 126 cm³/mol. The molecule has 1 saturated heterocycles. The van der Waals surface area contributed by atoms with E-state index in [1.165, 1.54) is 18.2 Å². The lowest BCUT2D eigenvalue weighted by Gasteiger charge is -2.33. The zero-order valence-electron chi connectivity index (χ0n) is 19.4. The smallest absolute Gasteiger partial charge is 0.417 e. The van der Waals surface area contributed by atoms with Gasteiger partial charge in [-0.1, -0.05) is 17.7 Å². The summed E-state index contributed by atoms with van der Waals surface area (Å²) in [6.45, 7) is 1.57. The molecule has 36 heavy (non-hydrogen) atoms. The molecule has 1 atom stereocenters. The highest BCUT2D eigenvalue weighted by Gasteiger charge is 2.34. The van der Waals surface area contributed by atoms with Gasteiger partial charge in [0.25, 0.3) is 5.91 Å². The van der Waals surface area contributed by atoms with Crippen LogP contribution in [0.5, 0.6) is 5.75 Å². The Labute approximate surface area is 211 Å². The Balaban J connectivity index is 1.47. The van der Waals surface area contributed by atoms with Crippen LogP contribution in [0.3, 0.4) is 0 Å². The van der Waals surface area contributed by atoms with E-state index in [-0.39, 0.29) is 22.6 Å². The van der Waals surface area contributed by atoms with Crippen LogP contribution in [-0.4, -0.2) is 44.7 Å². The molecule has 2 fully saturated rings. The Kier molecular flexibility index (Phi) is 7.55. The van der Waals surface area contributed by atoms with E-state index in [0.717, 1.165) is 37.7 Å². The van der Waals surface area contributed by atoms with Gasteiger partial charge in [-0.3, -0.25) is 9.69 Å². The van der Waals surface area contributed by atoms with Crippen molar-refractivity contribution < 1.29 is 35.5 Å². The summed E-state index contributed by atoms with van der Waals surface area (Å²) in [6.07, 6.45) is -0.829. The lowest BCUT2D eigenvalue weighted by Crippen LogP contribution is -2.40. The van der Waals surface area contributed by atoms with Gasteiger partial charge in [-0.05, 0) is 67.5 Å². The third-order valence-electron chi connectivity index (χ3n) is 6.14. The van der Waals surface area contributed by atoms with Crippen LogP contribution in [0.1, 0.15) is 58.6 Å². The van der Waals surface area contributed by atoms with Gasteiger partial charge in [0.1, 0.15) is 17.7 Å². The van der Waals surface area contributed by atoms with Crippen molar-refractivity contribution in [1.29, 1.82) is 0 Å². The molecule has 4 rings (SSSR count). The second-order valence-corrected chi connectivity index (χ2v) is 11.4. The lowest BCUT2D eigenvalue weighted by molar-refractivity contribution is -0.137. The summed E-state index contributed by atoms with van der Waals surface area (Å²) < 4.78 is 84.4. The number of hydrogen-bond donors (Lipinski definition) is 1. The van der Waals surface area contributed by atoms with E-state index >= 15 is 0 Å². The second-order valence-electron chi connectivity index (χ2n) is 9.28. The van der Waals surface area contributed by atoms with Crippen molar-refractivity contribution >= 4 is 27.5 Å². The maximum absolute atomic E-state index is 14.8. The molecule has 1 saturated carbocycles. The molecule has 1 N–H and O–H groups in total. The zero-order chi connectivity index (χ0) is 26.3. The fraction of sp³-hybridized carbons (Fsp3) is 0.458. The zero-order valence-corrected chi connectivity index (χ0v) is 20.9. The quantitative estimate of drug-likeness (QED) is 0.487. The summed E-state index contributed by atoms with van der Waals surface area (Å²) in [7, 11) is -3.85. The average molecular weight is 549 g/mol. The van der Waals surface area contributed by atoms with Gasteiger partial charge in [0.2, 0.25) is 10.0 Å². The van der Waals surface area contributed by atoms with E-state index in [1.54, 1.807) is 4.72 Å². The number of carbonyl (C=O) groups excluding carboxylic acids is 1. The van der Waals surface area contributed by atoms with Crippen LogP contribution in [0.25, 0.3) is 0 Å². The van der Waals surface area contributed by atoms with Crippen LogP contribution >= 0.6 is 11.6 Å². The molecule has 2 aliphatic rings. The lowest BCUT2D eigenvalue weighted by atomic mass is 10.0. The first kappa shape index (κ1) is 26.7. The first-order valence-electron chi connectivity index (χ1n) is 11.4. The van der Waals surface area contributed by atoms with E-state index in [2.05, 4.69) is 0 Å². The molecule has 1 aliphatic carbocycles. The van der Waals surface area contributed by atoms with Crippen LogP contribution in [0.2, 0.25) is 5.02 Å². The van der Waals surface area contributed by atoms with E-state index in [4.69, 9.17) is 16.3 Å². The maximum atomic E-state index is 14.8. The SMILES string of the molecule is CS(=O)(=O)NC(=O)c1cc(C2CC2)c(OC2CCCN(Cc3ccc(C(F)(F)F)c(Cl)c3)C2)cc1F. The molecule has 0 bridgehead atoms. The molecular formula is C24H25ClF4N2O4S. The van der Waals surface area contributed by atoms with E-state index < -0.39 is 33.5 Å². The van der Waals surface area contributed by atoms with Crippen molar-refractivity contribution in [1.82, 2.24) is 9.62 Å². The van der Waals surface area contributed by atoms with Gasteiger partial charge in [-0.25, -0.2) is 17.5 Å². The van der Waals surface area contributed by atoms with Gasteiger partial charge in [-0.2, -0.15) is 13.2 Å². The highest BCUT2D eigenvalue weighted by Crippen LogP contribution is 2.45. The summed E-state index contributed by atoms with van der Waals surface area (Å²) in [5.74, 6) is -1.51. The van der Waals surface area contributed by atoms with E-state index in [1.807, 2.05) is 4.90 Å². The second kappa shape index (κ2) is 10.2. The minimum Gasteiger partial charge on any atom is -0.489 e. The maximum Gasteiger partial charge on any atom is 0.417 e. The van der Waals surface area contributed by atoms with Gasteiger partial charge < -0.3 is 4.74 Å². The average Bonchev–Trinajstić information content (AvgIpc) is 3.57. The molecular weight excluding hydrogens is 524 g/mol. The Hall–Kier alpha value is -2.37. The Morgan fingerprint density at radius 2 is 1.92 bits per heavy atom. The molecule has 1 aliphatic heterocycles. The first-order valence-corrected chi connectivity index (χ1v) is 13.7. The number of hydrogen-bond acceptors (Lipinski definition) is 5. The Bertz CT molecular complexity index is 1270. The number of carbonyl (C=O) groups is 1. The number of amides is 1. The van der Waals surface area contributed by atoms with Crippen molar-refractivity contribution in [3.63, 3.8) is 0 Å². The largest absolute Gasteiger partial charge is 0.489 e. The Morgan fingerprint density at radius 3 is 2.53 bits per heavy atom. The number of nitrogens with zero attached hydrogens (tertiary/aromatic N) is 1. The first-order chi connectivity index (χ1) is 16.8. The van der Waals surface area contributed by atoms with Gasteiger partial charge in [0.05, 0.1) is 22.4 Å². The molecule has 2 aromatic rings. The molecule has 196 valence electrons. The number of alkyl halides is 3. The molecule has 1 heterocycles. The van der Waals surface area contributed by atoms with Crippen LogP contribution in [0.4, 0.5) is 17.6 Å². The van der Waals surface area contributed by atoms with Crippen molar-refractivity contribution in [3.8, 4) is 5.75 Å². The summed E-state index contributed by atoms with van der Waals surface area (Å²) in [6, 6.07) is 6.17. The van der Waals surface area contributed by atoms with Gasteiger partial charge in [0, 0.05) is 19.2 Å². The third kappa shape index (κ3) is 6.68. The number of likely N-dealkylation sites (tertiary alicyclic amines) is 1. The molecule has 0 spiro atoms. The van der Waals surface area contributed by atoms with Crippen LogP contribution in [-0.2, 0) is 22.7 Å². The Morgan fingerprint density at radius 1 is 1.19 bits per heavy atom. The van der Waals surface area contributed by atoms with Gasteiger partial charge >= 0.3 is 6.18 Å². The monoisotopic (exact) mass is 548 g/mol. The topological polar surface area (TPSA) is 75.7 Å². The predicted octanol–water partition coefficient (Wildman–Crippen LogP) is 5.11. The van der Waals surface area contributed by atoms with E-state index in [0.29, 0.717) is 42.9 Å². The number of nitrogens with one attached hydrogen (secondary N) is 1. The molecule has 12 heteroatoms. The van der Waals surface area contributed by atoms with Crippen molar-refractivity contribution in [2.24, 2.45) is 0 Å². The normalized spacial score (nSPS) is 19.2. The fourth-order valence-electron chi connectivity index (χ4n) is 4.36. The van der Waals surface area contributed by atoms with Crippen molar-refractivity contribution in [3.05, 3.63) is 63.4 Å². The molecule has 2 aromatic carbocycles. The number of halogens is 5. The number of sulfonamides is 1. The van der Waals surface area contributed by atoms with Crippen LogP contribution < -0.4 is 9.46 Å². The molecule has 0 aromatic heterocycles. The van der Waals surface area contributed by atoms with Crippen molar-refractivity contribution in [2.45, 2.75) is 50.4 Å². The molecule has 0 radical (unpaired) electrons. The van der Waals surface area contributed by atoms with E-state index in [9.17, 15) is 30.8 Å². The minimum atomic E-state index is -4.52. The number of piperidine rings is 1. The van der Waals surface area contributed by atoms with Crippen LogP contribution in [0.15, 0.2) is 30.3 Å². The summed E-state index contributed by atoms with van der Waals surface area (Å²) >= 11 is 5.85. The van der Waals surface area contributed by atoms with Crippen molar-refractivity contribution in [2.75, 3.05) is 19.3 Å². The molecule has 1 unspecified atom stereocenters. The summed E-state index contributed by atoms with van der Waals surface area (Å²) in [4.78, 5) is 14.3. The highest BCUT2D eigenvalue weighted by atomic mass is 35.5. The van der Waals surface area contributed by atoms with Crippen LogP contribution in [0, 0.1) is 5.82 Å². The van der Waals surface area contributed by atoms with Gasteiger partial charge in [0.15, 0.2) is 0 Å². The third-order valence-corrected chi connectivity index (χ3v) is 7.01. The molecule has 6 nitrogen and oxygen atoms in total. The number of ether oxygens (including phenoxy) is 1. The summed E-state index contributed by atoms with van der Waals surface area (Å²) in [5.41, 5.74) is 0.0523. The number of rotatable bonds is 7. The summed E-state index contributed by atoms with van der Waals surface area (Å²) in [5, 5.41) is -0.352. The fourth-order valence-corrected chi connectivity index (χ4v) is 5.12. The minimum absolute atomic E-state index is 0.0966. The number of benzene rings is 2. The molecule has 1 amide bonds.